The molecule has 0 spiro atoms. The van der Waals surface area contributed by atoms with Crippen LogP contribution >= 0.6 is 0 Å². The minimum atomic E-state index is -0.466. The van der Waals surface area contributed by atoms with Gasteiger partial charge in [0.15, 0.2) is 0 Å². The van der Waals surface area contributed by atoms with Crippen molar-refractivity contribution >= 4 is 12.0 Å². The number of cyclic esters (lactones) is 1. The van der Waals surface area contributed by atoms with Crippen molar-refractivity contribution in [3.05, 3.63) is 54.6 Å². The van der Waals surface area contributed by atoms with Crippen LogP contribution in [-0.4, -0.2) is 11.6 Å². The standard InChI is InChI=1S/C17H20O2/c1-5-12-9-7-8-10-13(12)11-14-15(6-2)17(3,4)19-16(14)18/h5-10,14-15H,1-2,11H2,3-4H3/t14-,15-/m1/s1. The summed E-state index contributed by atoms with van der Waals surface area (Å²) in [6.07, 6.45) is 4.33. The van der Waals surface area contributed by atoms with E-state index in [0.717, 1.165) is 11.1 Å². The summed E-state index contributed by atoms with van der Waals surface area (Å²) in [6, 6.07) is 8.01. The summed E-state index contributed by atoms with van der Waals surface area (Å²) in [6.45, 7) is 11.6. The highest BCUT2D eigenvalue weighted by Gasteiger charge is 2.48. The Labute approximate surface area is 114 Å². The topological polar surface area (TPSA) is 26.3 Å². The van der Waals surface area contributed by atoms with Crippen molar-refractivity contribution in [1.82, 2.24) is 0 Å². The van der Waals surface area contributed by atoms with Crippen LogP contribution in [0.2, 0.25) is 0 Å². The van der Waals surface area contributed by atoms with E-state index in [1.807, 2.05) is 50.3 Å². The van der Waals surface area contributed by atoms with Crippen molar-refractivity contribution in [1.29, 1.82) is 0 Å². The van der Waals surface area contributed by atoms with Gasteiger partial charge < -0.3 is 4.74 Å². The molecule has 19 heavy (non-hydrogen) atoms. The van der Waals surface area contributed by atoms with E-state index in [2.05, 4.69) is 13.2 Å². The largest absolute Gasteiger partial charge is 0.459 e. The average Bonchev–Trinajstić information content (AvgIpc) is 2.59. The van der Waals surface area contributed by atoms with Crippen LogP contribution < -0.4 is 0 Å². The number of esters is 1. The highest BCUT2D eigenvalue weighted by molar-refractivity contribution is 5.77. The molecule has 1 saturated heterocycles. The minimum absolute atomic E-state index is 0.0397. The zero-order chi connectivity index (χ0) is 14.0. The Morgan fingerprint density at radius 2 is 2.00 bits per heavy atom. The zero-order valence-corrected chi connectivity index (χ0v) is 11.6. The fourth-order valence-corrected chi connectivity index (χ4v) is 2.85. The van der Waals surface area contributed by atoms with Gasteiger partial charge in [0.1, 0.15) is 5.60 Å². The number of carbonyl (C=O) groups is 1. The second-order valence-corrected chi connectivity index (χ2v) is 5.50. The average molecular weight is 256 g/mol. The fraction of sp³-hybridized carbons (Fsp3) is 0.353. The molecule has 0 saturated carbocycles. The first-order valence-electron chi connectivity index (χ1n) is 6.55. The molecule has 0 aliphatic carbocycles. The maximum Gasteiger partial charge on any atom is 0.310 e. The Hall–Kier alpha value is -1.83. The van der Waals surface area contributed by atoms with Gasteiger partial charge in [-0.3, -0.25) is 4.79 Å². The lowest BCUT2D eigenvalue weighted by Gasteiger charge is -2.24. The van der Waals surface area contributed by atoms with Crippen LogP contribution in [0.1, 0.15) is 25.0 Å². The summed E-state index contributed by atoms with van der Waals surface area (Å²) in [5.41, 5.74) is 1.74. The summed E-state index contributed by atoms with van der Waals surface area (Å²) < 4.78 is 5.47. The maximum absolute atomic E-state index is 12.1. The second-order valence-electron chi connectivity index (χ2n) is 5.50. The van der Waals surface area contributed by atoms with Crippen molar-refractivity contribution in [2.75, 3.05) is 0 Å². The summed E-state index contributed by atoms with van der Waals surface area (Å²) in [5.74, 6) is -0.250. The van der Waals surface area contributed by atoms with Crippen LogP contribution in [0.5, 0.6) is 0 Å². The molecule has 1 aromatic carbocycles. The maximum atomic E-state index is 12.1. The third-order valence-electron chi connectivity index (χ3n) is 3.87. The van der Waals surface area contributed by atoms with E-state index in [9.17, 15) is 4.79 Å². The highest BCUT2D eigenvalue weighted by atomic mass is 16.6. The van der Waals surface area contributed by atoms with Gasteiger partial charge in [-0.2, -0.15) is 0 Å². The van der Waals surface area contributed by atoms with Crippen molar-refractivity contribution in [2.24, 2.45) is 11.8 Å². The molecular weight excluding hydrogens is 236 g/mol. The number of ether oxygens (including phenoxy) is 1. The Balaban J connectivity index is 2.29. The number of hydrogen-bond donors (Lipinski definition) is 0. The Kier molecular flexibility index (Phi) is 3.61. The first kappa shape index (κ1) is 13.6. The normalized spacial score (nSPS) is 24.8. The number of hydrogen-bond acceptors (Lipinski definition) is 2. The molecule has 2 atom stereocenters. The Bertz CT molecular complexity index is 514. The predicted octanol–water partition coefficient (Wildman–Crippen LogP) is 3.63. The molecule has 0 unspecified atom stereocenters. The van der Waals surface area contributed by atoms with Crippen LogP contribution in [0.15, 0.2) is 43.5 Å². The quantitative estimate of drug-likeness (QED) is 0.607. The van der Waals surface area contributed by atoms with E-state index in [0.29, 0.717) is 6.42 Å². The van der Waals surface area contributed by atoms with Gasteiger partial charge >= 0.3 is 5.97 Å². The smallest absolute Gasteiger partial charge is 0.310 e. The van der Waals surface area contributed by atoms with Crippen molar-refractivity contribution in [3.8, 4) is 0 Å². The van der Waals surface area contributed by atoms with Gasteiger partial charge in [-0.25, -0.2) is 0 Å². The van der Waals surface area contributed by atoms with Crippen LogP contribution in [0.3, 0.4) is 0 Å². The van der Waals surface area contributed by atoms with Crippen molar-refractivity contribution in [3.63, 3.8) is 0 Å². The fourth-order valence-electron chi connectivity index (χ4n) is 2.85. The van der Waals surface area contributed by atoms with E-state index in [-0.39, 0.29) is 17.8 Å². The molecule has 0 aromatic heterocycles. The summed E-state index contributed by atoms with van der Waals surface area (Å²) in [7, 11) is 0. The summed E-state index contributed by atoms with van der Waals surface area (Å²) in [4.78, 5) is 12.1. The SMILES string of the molecule is C=Cc1ccccc1C[C@H]1C(=O)OC(C)(C)[C@@H]1C=C. The molecule has 0 amide bonds. The lowest BCUT2D eigenvalue weighted by Crippen LogP contribution is -2.28. The van der Waals surface area contributed by atoms with Gasteiger partial charge in [0.05, 0.1) is 5.92 Å². The highest BCUT2D eigenvalue weighted by Crippen LogP contribution is 2.39. The van der Waals surface area contributed by atoms with E-state index >= 15 is 0 Å². The van der Waals surface area contributed by atoms with Crippen LogP contribution in [-0.2, 0) is 16.0 Å². The lowest BCUT2D eigenvalue weighted by atomic mass is 9.79. The Morgan fingerprint density at radius 1 is 1.32 bits per heavy atom. The second kappa shape index (κ2) is 5.04. The van der Waals surface area contributed by atoms with E-state index in [1.54, 1.807) is 0 Å². The van der Waals surface area contributed by atoms with Crippen molar-refractivity contribution in [2.45, 2.75) is 25.9 Å². The third kappa shape index (κ3) is 2.48. The molecular formula is C17H20O2. The van der Waals surface area contributed by atoms with Gasteiger partial charge in [0.2, 0.25) is 0 Å². The molecule has 0 bridgehead atoms. The number of carbonyl (C=O) groups excluding carboxylic acids is 1. The van der Waals surface area contributed by atoms with Crippen LogP contribution in [0, 0.1) is 11.8 Å². The molecule has 1 aliphatic rings. The van der Waals surface area contributed by atoms with Crippen LogP contribution in [0.4, 0.5) is 0 Å². The molecule has 0 N–H and O–H groups in total. The lowest BCUT2D eigenvalue weighted by molar-refractivity contribution is -0.148. The molecule has 1 heterocycles. The van der Waals surface area contributed by atoms with E-state index < -0.39 is 5.60 Å². The van der Waals surface area contributed by atoms with E-state index in [1.165, 1.54) is 0 Å². The molecule has 0 radical (unpaired) electrons. The monoisotopic (exact) mass is 256 g/mol. The third-order valence-corrected chi connectivity index (χ3v) is 3.87. The molecule has 100 valence electrons. The molecule has 2 heteroatoms. The number of benzene rings is 1. The molecule has 2 nitrogen and oxygen atoms in total. The minimum Gasteiger partial charge on any atom is -0.459 e. The van der Waals surface area contributed by atoms with Gasteiger partial charge in [-0.1, -0.05) is 43.0 Å². The summed E-state index contributed by atoms with van der Waals surface area (Å²) >= 11 is 0. The van der Waals surface area contributed by atoms with E-state index in [4.69, 9.17) is 4.74 Å². The predicted molar refractivity (Wildman–Crippen MR) is 77.6 cm³/mol. The molecule has 1 fully saturated rings. The van der Waals surface area contributed by atoms with Gasteiger partial charge in [-0.15, -0.1) is 6.58 Å². The Morgan fingerprint density at radius 3 is 2.63 bits per heavy atom. The zero-order valence-electron chi connectivity index (χ0n) is 11.6. The number of rotatable bonds is 4. The molecule has 2 rings (SSSR count). The van der Waals surface area contributed by atoms with Gasteiger partial charge in [0, 0.05) is 5.92 Å². The summed E-state index contributed by atoms with van der Waals surface area (Å²) in [5, 5.41) is 0. The van der Waals surface area contributed by atoms with Crippen molar-refractivity contribution < 1.29 is 9.53 Å². The van der Waals surface area contributed by atoms with Crippen LogP contribution in [0.25, 0.3) is 6.08 Å². The van der Waals surface area contributed by atoms with Gasteiger partial charge in [-0.05, 0) is 31.4 Å². The first-order chi connectivity index (χ1) is 8.99. The first-order valence-corrected chi connectivity index (χ1v) is 6.55. The molecule has 1 aromatic rings. The molecule has 1 aliphatic heterocycles. The van der Waals surface area contributed by atoms with Gasteiger partial charge in [0.25, 0.3) is 0 Å².